The summed E-state index contributed by atoms with van der Waals surface area (Å²) in [7, 11) is -2.82. The van der Waals surface area contributed by atoms with Crippen LogP contribution in [0.2, 0.25) is 0 Å². The summed E-state index contributed by atoms with van der Waals surface area (Å²) in [5, 5.41) is 5.44. The molecule has 1 fully saturated rings. The average molecular weight is 385 g/mol. The highest BCUT2D eigenvalue weighted by Crippen LogP contribution is 2.40. The van der Waals surface area contributed by atoms with Gasteiger partial charge in [-0.25, -0.2) is 0 Å². The Morgan fingerprint density at radius 1 is 0.926 bits per heavy atom. The third kappa shape index (κ3) is 5.54. The molecule has 1 N–H and O–H groups in total. The molecule has 4 heteroatoms. The summed E-state index contributed by atoms with van der Waals surface area (Å²) >= 11 is 0. The lowest BCUT2D eigenvalue weighted by atomic mass is 10.0. The first-order valence-electron chi connectivity index (χ1n) is 10.4. The molecule has 0 atom stereocenters. The molecule has 0 saturated carbocycles. The molecule has 0 spiro atoms. The average Bonchev–Trinajstić information content (AvgIpc) is 2.70. The Labute approximate surface area is 164 Å². The van der Waals surface area contributed by atoms with Gasteiger partial charge < -0.3 is 4.90 Å². The van der Waals surface area contributed by atoms with Gasteiger partial charge in [-0.2, -0.15) is 0 Å². The fourth-order valence-electron chi connectivity index (χ4n) is 3.94. The predicted molar refractivity (Wildman–Crippen MR) is 116 cm³/mol. The van der Waals surface area contributed by atoms with E-state index in [0.717, 1.165) is 23.5 Å². The zero-order chi connectivity index (χ0) is 19.0. The predicted octanol–water partition coefficient (Wildman–Crippen LogP) is 4.55. The molecule has 27 heavy (non-hydrogen) atoms. The second-order valence-corrected chi connectivity index (χ2v) is 10.1. The highest BCUT2D eigenvalue weighted by atomic mass is 31.2. The van der Waals surface area contributed by atoms with Crippen LogP contribution in [0.25, 0.3) is 0 Å². The van der Waals surface area contributed by atoms with E-state index >= 15 is 0 Å². The minimum atomic E-state index is -2.82. The lowest BCUT2D eigenvalue weighted by Crippen LogP contribution is -2.38. The molecule has 1 heterocycles. The van der Waals surface area contributed by atoms with Crippen molar-refractivity contribution < 1.29 is 4.57 Å². The Morgan fingerprint density at radius 3 is 1.93 bits per heavy atom. The summed E-state index contributed by atoms with van der Waals surface area (Å²) in [5.74, 6) is 0. The van der Waals surface area contributed by atoms with Crippen LogP contribution in [0, 0.1) is 0 Å². The number of hydrogen-bond acceptors (Lipinski definition) is 2. The first kappa shape index (κ1) is 20.3. The molecule has 1 aliphatic rings. The van der Waals surface area contributed by atoms with Gasteiger partial charge in [0.2, 0.25) is 7.29 Å². The molecule has 0 aliphatic carbocycles. The van der Waals surface area contributed by atoms with Crippen molar-refractivity contribution in [2.24, 2.45) is 0 Å². The van der Waals surface area contributed by atoms with E-state index in [0.29, 0.717) is 6.04 Å². The van der Waals surface area contributed by atoms with Gasteiger partial charge in [0.1, 0.15) is 0 Å². The summed E-state index contributed by atoms with van der Waals surface area (Å²) in [4.78, 5) is 2.60. The Balaban J connectivity index is 1.73. The minimum absolute atomic E-state index is 0.310. The summed E-state index contributed by atoms with van der Waals surface area (Å²) in [6.07, 6.45) is 7.07. The number of hydrogen-bond donors (Lipinski definition) is 1. The highest BCUT2D eigenvalue weighted by molar-refractivity contribution is 7.76. The molecule has 2 aromatic rings. The van der Waals surface area contributed by atoms with Gasteiger partial charge >= 0.3 is 0 Å². The zero-order valence-electron chi connectivity index (χ0n) is 16.5. The maximum absolute atomic E-state index is 14.2. The monoisotopic (exact) mass is 384 g/mol. The van der Waals surface area contributed by atoms with E-state index in [1.165, 1.54) is 45.3 Å². The van der Waals surface area contributed by atoms with Gasteiger partial charge in [0.15, 0.2) is 0 Å². The Bertz CT molecular complexity index is 666. The molecule has 0 radical (unpaired) electrons. The number of rotatable bonds is 7. The first-order chi connectivity index (χ1) is 13.2. The van der Waals surface area contributed by atoms with Crippen molar-refractivity contribution in [2.45, 2.75) is 51.5 Å². The van der Waals surface area contributed by atoms with Crippen molar-refractivity contribution in [3.8, 4) is 0 Å². The fourth-order valence-corrected chi connectivity index (χ4v) is 6.50. The molecule has 0 amide bonds. The van der Waals surface area contributed by atoms with E-state index in [9.17, 15) is 4.57 Å². The van der Waals surface area contributed by atoms with Crippen LogP contribution in [-0.4, -0.2) is 30.6 Å². The zero-order valence-corrected chi connectivity index (χ0v) is 17.4. The van der Waals surface area contributed by atoms with Gasteiger partial charge in [0, 0.05) is 16.7 Å². The molecule has 1 saturated heterocycles. The second kappa shape index (κ2) is 10.2. The van der Waals surface area contributed by atoms with Gasteiger partial charge in [-0.3, -0.25) is 9.65 Å². The van der Waals surface area contributed by atoms with E-state index in [4.69, 9.17) is 0 Å². The van der Waals surface area contributed by atoms with Crippen LogP contribution >= 0.6 is 7.29 Å². The summed E-state index contributed by atoms with van der Waals surface area (Å²) in [6, 6.07) is 20.2. The fraction of sp³-hybridized carbons (Fsp3) is 0.478. The number of likely N-dealkylation sites (tertiary alicyclic amines) is 1. The largest absolute Gasteiger partial charge is 0.303 e. The summed E-state index contributed by atoms with van der Waals surface area (Å²) in [5.41, 5.74) is 0. The molecule has 0 unspecified atom stereocenters. The van der Waals surface area contributed by atoms with Gasteiger partial charge in [-0.15, -0.1) is 0 Å². The van der Waals surface area contributed by atoms with Gasteiger partial charge in [0.25, 0.3) is 0 Å². The van der Waals surface area contributed by atoms with Gasteiger partial charge in [-0.05, 0) is 76.0 Å². The number of unbranched alkanes of at least 4 members (excludes halogenated alkanes) is 1. The molecule has 3 nitrogen and oxygen atoms in total. The molecule has 2 aromatic carbocycles. The van der Waals surface area contributed by atoms with Crippen LogP contribution in [0.4, 0.5) is 0 Å². The van der Waals surface area contributed by atoms with Crippen LogP contribution < -0.4 is 15.7 Å². The lowest BCUT2D eigenvalue weighted by molar-refractivity contribution is 0.234. The lowest BCUT2D eigenvalue weighted by Gasteiger charge is -2.31. The van der Waals surface area contributed by atoms with E-state index < -0.39 is 7.29 Å². The van der Waals surface area contributed by atoms with Crippen LogP contribution in [0.15, 0.2) is 60.7 Å². The normalized spacial score (nSPS) is 17.4. The standard InChI is InChI=1S/C23H33N2OP/c1-2-3-18-25-19-10-12-21(13-11-20-25)24-27(26,22-14-6-4-7-15-22)23-16-8-5-9-17-23/h4-9,14-17,21H,2-3,10-13,18-20H2,1H3,(H,24,26). The van der Waals surface area contributed by atoms with Gasteiger partial charge in [0.05, 0.1) is 0 Å². The van der Waals surface area contributed by atoms with Crippen molar-refractivity contribution in [1.82, 2.24) is 9.99 Å². The third-order valence-electron chi connectivity index (χ3n) is 5.49. The van der Waals surface area contributed by atoms with Gasteiger partial charge in [-0.1, -0.05) is 49.7 Å². The second-order valence-electron chi connectivity index (χ2n) is 7.59. The van der Waals surface area contributed by atoms with E-state index in [2.05, 4.69) is 16.9 Å². The number of nitrogens with one attached hydrogen (secondary N) is 1. The molecular formula is C23H33N2OP. The maximum Gasteiger partial charge on any atom is 0.204 e. The third-order valence-corrected chi connectivity index (χ3v) is 8.27. The number of nitrogens with zero attached hydrogens (tertiary/aromatic N) is 1. The van der Waals surface area contributed by atoms with E-state index in [1.54, 1.807) is 0 Å². The SMILES string of the molecule is CCCCN1CCCC(NP(=O)(c2ccccc2)c2ccccc2)CCC1. The van der Waals surface area contributed by atoms with Crippen LogP contribution in [0.3, 0.4) is 0 Å². The Kier molecular flexibility index (Phi) is 7.70. The quantitative estimate of drug-likeness (QED) is 0.711. The van der Waals surface area contributed by atoms with Crippen LogP contribution in [0.5, 0.6) is 0 Å². The van der Waals surface area contributed by atoms with Crippen LogP contribution in [0.1, 0.15) is 45.4 Å². The van der Waals surface area contributed by atoms with Crippen molar-refractivity contribution in [3.05, 3.63) is 60.7 Å². The Morgan fingerprint density at radius 2 is 1.44 bits per heavy atom. The highest BCUT2D eigenvalue weighted by Gasteiger charge is 2.30. The van der Waals surface area contributed by atoms with Crippen molar-refractivity contribution in [2.75, 3.05) is 19.6 Å². The van der Waals surface area contributed by atoms with Crippen molar-refractivity contribution in [1.29, 1.82) is 0 Å². The first-order valence-corrected chi connectivity index (χ1v) is 12.1. The van der Waals surface area contributed by atoms with Crippen molar-refractivity contribution >= 4 is 17.9 Å². The van der Waals surface area contributed by atoms with E-state index in [1.807, 2.05) is 60.7 Å². The molecule has 0 bridgehead atoms. The Hall–Kier alpha value is -1.41. The minimum Gasteiger partial charge on any atom is -0.303 e. The molecule has 1 aliphatic heterocycles. The smallest absolute Gasteiger partial charge is 0.204 e. The maximum atomic E-state index is 14.2. The molecular weight excluding hydrogens is 351 g/mol. The molecule has 146 valence electrons. The number of benzene rings is 2. The summed E-state index contributed by atoms with van der Waals surface area (Å²) < 4.78 is 14.2. The topological polar surface area (TPSA) is 32.3 Å². The molecule has 0 aromatic heterocycles. The van der Waals surface area contributed by atoms with Crippen molar-refractivity contribution in [3.63, 3.8) is 0 Å². The summed E-state index contributed by atoms with van der Waals surface area (Å²) in [6.45, 7) is 5.81. The van der Waals surface area contributed by atoms with Crippen LogP contribution in [-0.2, 0) is 4.57 Å². The molecule has 3 rings (SSSR count). The van der Waals surface area contributed by atoms with E-state index in [-0.39, 0.29) is 0 Å².